The van der Waals surface area contributed by atoms with Gasteiger partial charge in [-0.2, -0.15) is 0 Å². The summed E-state index contributed by atoms with van der Waals surface area (Å²) in [5.41, 5.74) is 10.4. The molecule has 0 bridgehead atoms. The van der Waals surface area contributed by atoms with E-state index < -0.39 is 0 Å². The zero-order chi connectivity index (χ0) is 19.6. The SMILES string of the molecule is Nc1nc2cc(NCc3ccccn3)cnc2cc1-c1nnc(C2CCCC2)s1. The average molecular weight is 404 g/mol. The van der Waals surface area contributed by atoms with Crippen LogP contribution in [0.15, 0.2) is 42.7 Å². The Hall–Kier alpha value is -3.13. The van der Waals surface area contributed by atoms with Crippen molar-refractivity contribution in [1.29, 1.82) is 0 Å². The molecule has 0 aromatic carbocycles. The molecule has 7 nitrogen and oxygen atoms in total. The Labute approximate surface area is 172 Å². The highest BCUT2D eigenvalue weighted by molar-refractivity contribution is 7.14. The average Bonchev–Trinajstić information content (AvgIpc) is 3.44. The van der Waals surface area contributed by atoms with Gasteiger partial charge in [-0.05, 0) is 37.1 Å². The minimum Gasteiger partial charge on any atom is -0.383 e. The zero-order valence-corrected chi connectivity index (χ0v) is 16.7. The van der Waals surface area contributed by atoms with Crippen molar-refractivity contribution >= 4 is 33.9 Å². The highest BCUT2D eigenvalue weighted by Gasteiger charge is 2.22. The molecule has 3 N–H and O–H groups in total. The molecular weight excluding hydrogens is 382 g/mol. The fraction of sp³-hybridized carbons (Fsp3) is 0.286. The Morgan fingerprint density at radius 3 is 2.79 bits per heavy atom. The summed E-state index contributed by atoms with van der Waals surface area (Å²) in [5, 5.41) is 14.0. The van der Waals surface area contributed by atoms with Crippen LogP contribution in [0.25, 0.3) is 21.6 Å². The van der Waals surface area contributed by atoms with Crippen molar-refractivity contribution in [3.63, 3.8) is 0 Å². The summed E-state index contributed by atoms with van der Waals surface area (Å²) in [4.78, 5) is 13.4. The van der Waals surface area contributed by atoms with Gasteiger partial charge in [0.15, 0.2) is 5.01 Å². The van der Waals surface area contributed by atoms with E-state index in [-0.39, 0.29) is 0 Å². The predicted octanol–water partition coefficient (Wildman–Crippen LogP) is 4.40. The molecule has 1 aliphatic rings. The van der Waals surface area contributed by atoms with Gasteiger partial charge in [0.1, 0.15) is 10.8 Å². The molecule has 0 saturated heterocycles. The number of hydrogen-bond acceptors (Lipinski definition) is 8. The smallest absolute Gasteiger partial charge is 0.151 e. The van der Waals surface area contributed by atoms with E-state index in [2.05, 4.69) is 30.5 Å². The van der Waals surface area contributed by atoms with Crippen LogP contribution in [0.3, 0.4) is 0 Å². The molecule has 0 radical (unpaired) electrons. The summed E-state index contributed by atoms with van der Waals surface area (Å²) < 4.78 is 0. The Balaban J connectivity index is 1.39. The van der Waals surface area contributed by atoms with Gasteiger partial charge < -0.3 is 11.1 Å². The van der Waals surface area contributed by atoms with E-state index in [1.807, 2.05) is 30.3 Å². The molecule has 4 aromatic rings. The number of nitrogens with one attached hydrogen (secondary N) is 1. The summed E-state index contributed by atoms with van der Waals surface area (Å²) in [7, 11) is 0. The zero-order valence-electron chi connectivity index (χ0n) is 15.9. The summed E-state index contributed by atoms with van der Waals surface area (Å²) in [5.74, 6) is 0.997. The van der Waals surface area contributed by atoms with E-state index in [4.69, 9.17) is 5.73 Å². The van der Waals surface area contributed by atoms with Crippen LogP contribution < -0.4 is 11.1 Å². The third-order valence-electron chi connectivity index (χ3n) is 5.27. The second kappa shape index (κ2) is 7.71. The van der Waals surface area contributed by atoms with Gasteiger partial charge in [0.05, 0.1) is 40.7 Å². The molecule has 1 fully saturated rings. The van der Waals surface area contributed by atoms with Gasteiger partial charge in [-0.1, -0.05) is 30.2 Å². The topological polar surface area (TPSA) is 102 Å². The Kier molecular flexibility index (Phi) is 4.77. The molecule has 1 aliphatic carbocycles. The van der Waals surface area contributed by atoms with Crippen molar-refractivity contribution in [2.45, 2.75) is 38.1 Å². The molecule has 4 heterocycles. The number of hydrogen-bond donors (Lipinski definition) is 2. The second-order valence-electron chi connectivity index (χ2n) is 7.28. The van der Waals surface area contributed by atoms with Gasteiger partial charge in [0.25, 0.3) is 0 Å². The van der Waals surface area contributed by atoms with Crippen LogP contribution in [0.4, 0.5) is 11.5 Å². The second-order valence-corrected chi connectivity index (χ2v) is 8.29. The molecule has 29 heavy (non-hydrogen) atoms. The van der Waals surface area contributed by atoms with Crippen LogP contribution in [-0.4, -0.2) is 25.1 Å². The minimum atomic E-state index is 0.454. The molecule has 0 amide bonds. The molecule has 0 spiro atoms. The van der Waals surface area contributed by atoms with E-state index in [0.717, 1.165) is 38.0 Å². The van der Waals surface area contributed by atoms with Crippen molar-refractivity contribution < 1.29 is 0 Å². The Bertz CT molecular complexity index is 1140. The quantitative estimate of drug-likeness (QED) is 0.509. The third-order valence-corrected chi connectivity index (χ3v) is 6.39. The van der Waals surface area contributed by atoms with Crippen LogP contribution in [0.1, 0.15) is 42.3 Å². The number of anilines is 2. The van der Waals surface area contributed by atoms with Crippen molar-refractivity contribution in [2.75, 3.05) is 11.1 Å². The number of pyridine rings is 3. The maximum atomic E-state index is 6.27. The lowest BCUT2D eigenvalue weighted by Crippen LogP contribution is -2.02. The third kappa shape index (κ3) is 3.75. The monoisotopic (exact) mass is 403 g/mol. The number of fused-ring (bicyclic) bond motifs is 1. The summed E-state index contributed by atoms with van der Waals surface area (Å²) in [6, 6.07) is 9.76. The summed E-state index contributed by atoms with van der Waals surface area (Å²) >= 11 is 1.63. The molecule has 0 aliphatic heterocycles. The van der Waals surface area contributed by atoms with Gasteiger partial charge >= 0.3 is 0 Å². The molecule has 1 saturated carbocycles. The Morgan fingerprint density at radius 1 is 1.07 bits per heavy atom. The first-order valence-corrected chi connectivity index (χ1v) is 10.6. The van der Waals surface area contributed by atoms with Crippen LogP contribution in [0.2, 0.25) is 0 Å². The van der Waals surface area contributed by atoms with Gasteiger partial charge in [-0.15, -0.1) is 10.2 Å². The van der Waals surface area contributed by atoms with E-state index in [1.165, 1.54) is 25.7 Å². The van der Waals surface area contributed by atoms with Crippen molar-refractivity contribution in [1.82, 2.24) is 25.1 Å². The van der Waals surface area contributed by atoms with Gasteiger partial charge in [-0.3, -0.25) is 9.97 Å². The van der Waals surface area contributed by atoms with Gasteiger partial charge in [0.2, 0.25) is 0 Å². The first-order valence-electron chi connectivity index (χ1n) is 9.80. The lowest BCUT2D eigenvalue weighted by Gasteiger charge is -2.08. The molecule has 5 rings (SSSR count). The number of nitrogens with two attached hydrogens (primary N) is 1. The molecule has 8 heteroatoms. The maximum absolute atomic E-state index is 6.27. The number of aromatic nitrogens is 5. The lowest BCUT2D eigenvalue weighted by molar-refractivity contribution is 0.705. The van der Waals surface area contributed by atoms with Crippen LogP contribution in [0, 0.1) is 0 Å². The van der Waals surface area contributed by atoms with E-state index in [0.29, 0.717) is 18.3 Å². The van der Waals surface area contributed by atoms with E-state index in [1.54, 1.807) is 23.7 Å². The van der Waals surface area contributed by atoms with Crippen LogP contribution >= 0.6 is 11.3 Å². The van der Waals surface area contributed by atoms with Crippen LogP contribution in [-0.2, 0) is 6.54 Å². The highest BCUT2D eigenvalue weighted by Crippen LogP contribution is 2.38. The summed E-state index contributed by atoms with van der Waals surface area (Å²) in [6.07, 6.45) is 8.55. The number of rotatable bonds is 5. The van der Waals surface area contributed by atoms with E-state index >= 15 is 0 Å². The lowest BCUT2D eigenvalue weighted by atomic mass is 10.1. The molecule has 4 aromatic heterocycles. The first-order chi connectivity index (χ1) is 14.3. The molecule has 0 atom stereocenters. The van der Waals surface area contributed by atoms with Crippen LogP contribution in [0.5, 0.6) is 0 Å². The maximum Gasteiger partial charge on any atom is 0.151 e. The molecule has 146 valence electrons. The normalized spacial score (nSPS) is 14.5. The van der Waals surface area contributed by atoms with Crippen molar-refractivity contribution in [2.24, 2.45) is 0 Å². The predicted molar refractivity (Wildman–Crippen MR) is 116 cm³/mol. The number of nitrogen functional groups attached to an aromatic ring is 1. The minimum absolute atomic E-state index is 0.454. The fourth-order valence-corrected chi connectivity index (χ4v) is 4.75. The van der Waals surface area contributed by atoms with Gasteiger partial charge in [0, 0.05) is 12.1 Å². The Morgan fingerprint density at radius 2 is 1.97 bits per heavy atom. The fourth-order valence-electron chi connectivity index (χ4n) is 3.71. The molecular formula is C21H21N7S. The molecule has 0 unspecified atom stereocenters. The largest absolute Gasteiger partial charge is 0.383 e. The summed E-state index contributed by atoms with van der Waals surface area (Å²) in [6.45, 7) is 0.621. The highest BCUT2D eigenvalue weighted by atomic mass is 32.1. The standard InChI is InChI=1S/C21H21N7S/c22-19-16(21-28-27-20(29-21)13-5-1-2-6-13)10-17-18(26-19)9-15(12-25-17)24-11-14-7-3-4-8-23-14/h3-4,7-10,12-13,24H,1-2,5-6,11H2,(H2,22,26). The first kappa shape index (κ1) is 17.9. The van der Waals surface area contributed by atoms with Crippen molar-refractivity contribution in [3.8, 4) is 10.6 Å². The number of nitrogens with zero attached hydrogens (tertiary/aromatic N) is 5. The van der Waals surface area contributed by atoms with Crippen molar-refractivity contribution in [3.05, 3.63) is 53.4 Å². The van der Waals surface area contributed by atoms with E-state index in [9.17, 15) is 0 Å². The van der Waals surface area contributed by atoms with Gasteiger partial charge in [-0.25, -0.2) is 4.98 Å².